The van der Waals surface area contributed by atoms with Crippen LogP contribution in [-0.2, 0) is 9.59 Å². The third-order valence-corrected chi connectivity index (χ3v) is 7.63. The van der Waals surface area contributed by atoms with Gasteiger partial charge in [0.05, 0.1) is 5.41 Å². The molecule has 4 bridgehead atoms. The predicted molar refractivity (Wildman–Crippen MR) is 105 cm³/mol. The predicted octanol–water partition coefficient (Wildman–Crippen LogP) is 4.14. The van der Waals surface area contributed by atoms with Crippen molar-refractivity contribution < 1.29 is 9.59 Å². The van der Waals surface area contributed by atoms with Crippen molar-refractivity contribution in [1.29, 1.82) is 0 Å². The Balaban J connectivity index is 1.32. The van der Waals surface area contributed by atoms with Crippen LogP contribution < -0.4 is 5.32 Å². The van der Waals surface area contributed by atoms with E-state index in [9.17, 15) is 9.59 Å². The number of benzene rings is 1. The lowest BCUT2D eigenvalue weighted by atomic mass is 9.49. The third kappa shape index (κ3) is 2.97. The van der Waals surface area contributed by atoms with Gasteiger partial charge in [0.25, 0.3) is 0 Å². The zero-order valence-corrected chi connectivity index (χ0v) is 16.2. The lowest BCUT2D eigenvalue weighted by Gasteiger charge is -2.56. The number of hydrogen-bond donors (Lipinski definition) is 1. The molecule has 0 spiro atoms. The molecule has 0 aromatic heterocycles. The summed E-state index contributed by atoms with van der Waals surface area (Å²) in [5.41, 5.74) is 1.84. The van der Waals surface area contributed by atoms with Crippen molar-refractivity contribution in [2.75, 3.05) is 11.9 Å². The Hall–Kier alpha value is -1.84. The molecular weight excluding hydrogens is 336 g/mol. The smallest absolute Gasteiger partial charge is 0.247 e. The molecule has 4 aliphatic carbocycles. The second-order valence-corrected chi connectivity index (χ2v) is 9.71. The average molecular weight is 367 g/mol. The summed E-state index contributed by atoms with van der Waals surface area (Å²) in [5, 5.41) is 3.04. The van der Waals surface area contributed by atoms with E-state index in [0.717, 1.165) is 62.1 Å². The molecule has 1 atom stereocenters. The maximum atomic E-state index is 13.7. The van der Waals surface area contributed by atoms with Gasteiger partial charge in [-0.25, -0.2) is 0 Å². The van der Waals surface area contributed by atoms with Crippen molar-refractivity contribution >= 4 is 17.5 Å². The van der Waals surface area contributed by atoms with Gasteiger partial charge in [0.15, 0.2) is 0 Å². The van der Waals surface area contributed by atoms with Crippen molar-refractivity contribution in [1.82, 2.24) is 4.90 Å². The molecule has 4 saturated carbocycles. The molecule has 4 nitrogen and oxygen atoms in total. The van der Waals surface area contributed by atoms with Crippen molar-refractivity contribution in [2.24, 2.45) is 23.2 Å². The van der Waals surface area contributed by atoms with Gasteiger partial charge in [-0.1, -0.05) is 17.7 Å². The molecule has 1 aromatic rings. The fraction of sp³-hybridized carbons (Fsp3) is 0.652. The fourth-order valence-electron chi connectivity index (χ4n) is 6.82. The van der Waals surface area contributed by atoms with Gasteiger partial charge in [0, 0.05) is 12.2 Å². The highest BCUT2D eigenvalue weighted by Crippen LogP contribution is 2.60. The number of carbonyl (C=O) groups excluding carboxylic acids is 2. The summed E-state index contributed by atoms with van der Waals surface area (Å²) in [5.74, 6) is 2.53. The summed E-state index contributed by atoms with van der Waals surface area (Å²) in [6.07, 6.45) is 8.94. The number of rotatable bonds is 3. The fourth-order valence-corrected chi connectivity index (χ4v) is 6.82. The van der Waals surface area contributed by atoms with Gasteiger partial charge in [-0.05, 0) is 88.2 Å². The number of nitrogens with zero attached hydrogens (tertiary/aromatic N) is 1. The van der Waals surface area contributed by atoms with E-state index >= 15 is 0 Å². The van der Waals surface area contributed by atoms with Crippen LogP contribution in [0.1, 0.15) is 56.9 Å². The lowest BCUT2D eigenvalue weighted by Crippen LogP contribution is -2.56. The summed E-state index contributed by atoms with van der Waals surface area (Å²) in [6, 6.07) is 7.58. The maximum Gasteiger partial charge on any atom is 0.247 e. The topological polar surface area (TPSA) is 49.4 Å². The summed E-state index contributed by atoms with van der Waals surface area (Å²) >= 11 is 0. The first-order chi connectivity index (χ1) is 13.0. The highest BCUT2D eigenvalue weighted by atomic mass is 16.2. The Bertz CT molecular complexity index is 719. The first kappa shape index (κ1) is 17.3. The van der Waals surface area contributed by atoms with Crippen molar-refractivity contribution in [3.05, 3.63) is 29.8 Å². The van der Waals surface area contributed by atoms with Gasteiger partial charge in [0.2, 0.25) is 11.8 Å². The monoisotopic (exact) mass is 366 g/mol. The van der Waals surface area contributed by atoms with E-state index < -0.39 is 0 Å². The minimum Gasteiger partial charge on any atom is -0.330 e. The molecule has 144 valence electrons. The quantitative estimate of drug-likeness (QED) is 0.874. The van der Waals surface area contributed by atoms with Gasteiger partial charge in [-0.2, -0.15) is 0 Å². The van der Waals surface area contributed by atoms with Crippen molar-refractivity contribution in [2.45, 2.75) is 64.3 Å². The molecule has 6 rings (SSSR count). The SMILES string of the molecule is Cc1ccc(NC(=O)[C@@H]2CCCN2C(=O)C23CC4CC(CC(C4)C2)C3)cc1. The van der Waals surface area contributed by atoms with Crippen LogP contribution >= 0.6 is 0 Å². The highest BCUT2D eigenvalue weighted by molar-refractivity contribution is 5.98. The summed E-state index contributed by atoms with van der Waals surface area (Å²) in [4.78, 5) is 28.5. The minimum absolute atomic E-state index is 0.0190. The molecular formula is C23H30N2O2. The second kappa shape index (κ2) is 6.35. The van der Waals surface area contributed by atoms with E-state index in [4.69, 9.17) is 0 Å². The Labute approximate surface area is 161 Å². The van der Waals surface area contributed by atoms with E-state index in [-0.39, 0.29) is 17.4 Å². The molecule has 1 saturated heterocycles. The van der Waals surface area contributed by atoms with E-state index in [1.165, 1.54) is 24.8 Å². The van der Waals surface area contributed by atoms with Crippen LogP contribution in [0.3, 0.4) is 0 Å². The zero-order valence-electron chi connectivity index (χ0n) is 16.2. The molecule has 1 aliphatic heterocycles. The van der Waals surface area contributed by atoms with E-state index in [1.54, 1.807) is 0 Å². The van der Waals surface area contributed by atoms with Crippen LogP contribution in [0.25, 0.3) is 0 Å². The van der Waals surface area contributed by atoms with Crippen LogP contribution in [0.15, 0.2) is 24.3 Å². The third-order valence-electron chi connectivity index (χ3n) is 7.63. The van der Waals surface area contributed by atoms with Gasteiger partial charge >= 0.3 is 0 Å². The van der Waals surface area contributed by atoms with Crippen molar-refractivity contribution in [3.63, 3.8) is 0 Å². The molecule has 1 heterocycles. The van der Waals surface area contributed by atoms with Gasteiger partial charge in [-0.15, -0.1) is 0 Å². The van der Waals surface area contributed by atoms with Crippen LogP contribution in [-0.4, -0.2) is 29.3 Å². The lowest BCUT2D eigenvalue weighted by molar-refractivity contribution is -0.160. The zero-order chi connectivity index (χ0) is 18.6. The second-order valence-electron chi connectivity index (χ2n) is 9.71. The number of aryl methyl sites for hydroxylation is 1. The normalized spacial score (nSPS) is 36.9. The van der Waals surface area contributed by atoms with Gasteiger partial charge in [0.1, 0.15) is 6.04 Å². The Kier molecular flexibility index (Phi) is 4.06. The number of amides is 2. The first-order valence-corrected chi connectivity index (χ1v) is 10.7. The molecule has 27 heavy (non-hydrogen) atoms. The van der Waals surface area contributed by atoms with Crippen LogP contribution in [0.4, 0.5) is 5.69 Å². The molecule has 0 unspecified atom stereocenters. The van der Waals surface area contributed by atoms with E-state index in [2.05, 4.69) is 5.32 Å². The molecule has 5 fully saturated rings. The summed E-state index contributed by atoms with van der Waals surface area (Å²) < 4.78 is 0. The number of nitrogens with one attached hydrogen (secondary N) is 1. The Morgan fingerprint density at radius 1 is 1.00 bits per heavy atom. The number of likely N-dealkylation sites (tertiary alicyclic amines) is 1. The highest BCUT2D eigenvalue weighted by Gasteiger charge is 2.56. The summed E-state index contributed by atoms with van der Waals surface area (Å²) in [7, 11) is 0. The minimum atomic E-state index is -0.299. The van der Waals surface area contributed by atoms with Crippen LogP contribution in [0.2, 0.25) is 0 Å². The Morgan fingerprint density at radius 2 is 1.59 bits per heavy atom. The van der Waals surface area contributed by atoms with Gasteiger partial charge < -0.3 is 10.2 Å². The Morgan fingerprint density at radius 3 is 2.19 bits per heavy atom. The molecule has 4 heteroatoms. The van der Waals surface area contributed by atoms with Crippen LogP contribution in [0, 0.1) is 30.1 Å². The van der Waals surface area contributed by atoms with Gasteiger partial charge in [-0.3, -0.25) is 9.59 Å². The average Bonchev–Trinajstić information content (AvgIpc) is 3.11. The van der Waals surface area contributed by atoms with E-state index in [1.807, 2.05) is 36.1 Å². The number of carbonyl (C=O) groups is 2. The molecule has 0 radical (unpaired) electrons. The summed E-state index contributed by atoms with van der Waals surface area (Å²) in [6.45, 7) is 2.78. The van der Waals surface area contributed by atoms with E-state index in [0.29, 0.717) is 5.91 Å². The number of anilines is 1. The molecule has 1 aromatic carbocycles. The first-order valence-electron chi connectivity index (χ1n) is 10.7. The van der Waals surface area contributed by atoms with Crippen molar-refractivity contribution in [3.8, 4) is 0 Å². The molecule has 1 N–H and O–H groups in total. The van der Waals surface area contributed by atoms with Crippen LogP contribution in [0.5, 0.6) is 0 Å². The molecule has 5 aliphatic rings. The molecule has 2 amide bonds. The number of hydrogen-bond acceptors (Lipinski definition) is 2. The maximum absolute atomic E-state index is 13.7. The standard InChI is InChI=1S/C23H30N2O2/c1-15-4-6-19(7-5-15)24-21(26)20-3-2-8-25(20)22(27)23-12-16-9-17(13-23)11-18(10-16)14-23/h4-7,16-18,20H,2-3,8-14H2,1H3,(H,24,26)/t16?,17?,18?,20-,23?/m0/s1. The largest absolute Gasteiger partial charge is 0.330 e.